The summed E-state index contributed by atoms with van der Waals surface area (Å²) in [5.41, 5.74) is 1.74. The summed E-state index contributed by atoms with van der Waals surface area (Å²) in [6, 6.07) is 17.6. The van der Waals surface area contributed by atoms with Crippen molar-refractivity contribution in [3.8, 4) is 11.5 Å². The van der Waals surface area contributed by atoms with Gasteiger partial charge in [-0.15, -0.1) is 0 Å². The number of ketones is 1. The molecule has 2 saturated heterocycles. The topological polar surface area (TPSA) is 146 Å². The Morgan fingerprint density at radius 1 is 0.947 bits per heavy atom. The largest absolute Gasteiger partial charge is 0.504 e. The number of hydrogen-bond donors (Lipinski definition) is 2. The zero-order valence-corrected chi connectivity index (χ0v) is 31.5. The number of alkyl halides is 3. The molecule has 0 radical (unpaired) electrons. The van der Waals surface area contributed by atoms with Crippen molar-refractivity contribution in [1.82, 2.24) is 9.99 Å². The van der Waals surface area contributed by atoms with Gasteiger partial charge in [0.05, 0.1) is 46.6 Å². The van der Waals surface area contributed by atoms with Gasteiger partial charge in [0.15, 0.2) is 23.1 Å². The highest BCUT2D eigenvalue weighted by Crippen LogP contribution is 2.64. The van der Waals surface area contributed by atoms with Crippen LogP contribution in [0.3, 0.4) is 0 Å². The number of Topliss-reactive ketones (excluding diaryl/α,β-unsaturated/α-hetero) is 1. The Hall–Kier alpha value is -5.73. The molecule has 4 amide bonds. The van der Waals surface area contributed by atoms with Gasteiger partial charge in [-0.05, 0) is 91.4 Å². The average Bonchev–Trinajstić information content (AvgIpc) is 3.56. The number of nitrogens with zero attached hydrogens (tertiary/aromatic N) is 3. The van der Waals surface area contributed by atoms with Crippen LogP contribution in [0.4, 0.5) is 24.7 Å². The van der Waals surface area contributed by atoms with E-state index in [0.29, 0.717) is 44.6 Å². The molecule has 2 N–H and O–H groups in total. The molecule has 8 rings (SSSR count). The molecule has 2 aliphatic heterocycles. The van der Waals surface area contributed by atoms with E-state index in [0.717, 1.165) is 4.90 Å². The number of nitrogens with one attached hydrogen (secondary N) is 1. The molecule has 1 aromatic heterocycles. The molecule has 4 aliphatic rings. The molecule has 292 valence electrons. The van der Waals surface area contributed by atoms with Gasteiger partial charge in [-0.25, -0.2) is 4.98 Å². The second-order valence-electron chi connectivity index (χ2n) is 14.5. The molecule has 0 spiro atoms. The molecular formula is C41H31Cl2F3N4O7. The van der Waals surface area contributed by atoms with Crippen LogP contribution >= 0.6 is 23.2 Å². The van der Waals surface area contributed by atoms with Crippen LogP contribution in [-0.2, 0) is 30.8 Å². The van der Waals surface area contributed by atoms with Crippen LogP contribution in [0, 0.1) is 23.7 Å². The molecule has 57 heavy (non-hydrogen) atoms. The van der Waals surface area contributed by atoms with Gasteiger partial charge >= 0.3 is 6.18 Å². The Bertz CT molecular complexity index is 2420. The number of hydrazine groups is 1. The number of carbonyl (C=O) groups is 5. The number of phenols is 1. The lowest BCUT2D eigenvalue weighted by Crippen LogP contribution is -2.53. The summed E-state index contributed by atoms with van der Waals surface area (Å²) in [7, 11) is 1.35. The van der Waals surface area contributed by atoms with E-state index in [1.165, 1.54) is 50.4 Å². The van der Waals surface area contributed by atoms with Gasteiger partial charge in [-0.2, -0.15) is 18.2 Å². The summed E-state index contributed by atoms with van der Waals surface area (Å²) in [5.74, 6) is -8.04. The van der Waals surface area contributed by atoms with Crippen molar-refractivity contribution in [1.29, 1.82) is 0 Å². The maximum atomic E-state index is 15.3. The predicted molar refractivity (Wildman–Crippen MR) is 200 cm³/mol. The Kier molecular flexibility index (Phi) is 9.19. The summed E-state index contributed by atoms with van der Waals surface area (Å²) in [4.78, 5) is 75.7. The summed E-state index contributed by atoms with van der Waals surface area (Å²) < 4.78 is 46.0. The van der Waals surface area contributed by atoms with E-state index in [-0.39, 0.29) is 41.6 Å². The maximum absolute atomic E-state index is 15.3. The van der Waals surface area contributed by atoms with E-state index in [1.807, 2.05) is 6.08 Å². The fraction of sp³-hybridized carbons (Fsp3) is 0.268. The van der Waals surface area contributed by atoms with Crippen LogP contribution in [0.15, 0.2) is 90.6 Å². The SMILES string of the molecule is COc1cc([C@H]2C3=CC[C@@H]4C(=O)N(c5ccc(C(C)=O)cc5)C(=O)[C@@H]4[C@@H]3C[C@H]3C(=O)N(Nc4ncc(C(F)(F)F)cc4Cl)C(=O)[C@@]23c2ccc(Cl)cc2)ccc1O. The number of anilines is 2. The number of benzene rings is 3. The van der Waals surface area contributed by atoms with Gasteiger partial charge in [-0.3, -0.25) is 34.3 Å². The van der Waals surface area contributed by atoms with E-state index >= 15 is 4.79 Å². The van der Waals surface area contributed by atoms with Crippen LogP contribution in [0.1, 0.15) is 52.7 Å². The molecule has 6 atom stereocenters. The third-order valence-electron chi connectivity index (χ3n) is 11.6. The fourth-order valence-electron chi connectivity index (χ4n) is 9.13. The number of allylic oxidation sites excluding steroid dienone is 2. The van der Waals surface area contributed by atoms with Crippen molar-refractivity contribution in [2.75, 3.05) is 17.4 Å². The average molecular weight is 820 g/mol. The molecule has 2 aliphatic carbocycles. The van der Waals surface area contributed by atoms with Gasteiger partial charge in [-0.1, -0.05) is 53.1 Å². The number of carbonyl (C=O) groups excluding carboxylic acids is 5. The number of rotatable bonds is 7. The summed E-state index contributed by atoms with van der Waals surface area (Å²) in [5, 5.41) is 11.2. The normalized spacial score (nSPS) is 25.5. The molecule has 0 unspecified atom stereocenters. The van der Waals surface area contributed by atoms with E-state index < -0.39 is 75.4 Å². The number of fused-ring (bicyclic) bond motifs is 4. The first-order valence-corrected chi connectivity index (χ1v) is 18.5. The third-order valence-corrected chi connectivity index (χ3v) is 12.2. The van der Waals surface area contributed by atoms with E-state index in [1.54, 1.807) is 30.3 Å². The monoisotopic (exact) mass is 818 g/mol. The number of phenolic OH excluding ortho intramolecular Hbond substituents is 1. The minimum Gasteiger partial charge on any atom is -0.504 e. The Morgan fingerprint density at radius 2 is 1.65 bits per heavy atom. The number of methoxy groups -OCH3 is 1. The van der Waals surface area contributed by atoms with E-state index in [9.17, 15) is 37.5 Å². The third kappa shape index (κ3) is 5.87. The van der Waals surface area contributed by atoms with Gasteiger partial charge in [0.1, 0.15) is 0 Å². The number of halogens is 5. The molecule has 0 bridgehead atoms. The highest BCUT2D eigenvalue weighted by atomic mass is 35.5. The minimum atomic E-state index is -4.77. The van der Waals surface area contributed by atoms with Gasteiger partial charge in [0, 0.05) is 22.7 Å². The molecule has 3 aromatic carbocycles. The molecule has 4 aromatic rings. The van der Waals surface area contributed by atoms with Crippen molar-refractivity contribution >= 4 is 64.1 Å². The van der Waals surface area contributed by atoms with Gasteiger partial charge < -0.3 is 9.84 Å². The zero-order valence-electron chi connectivity index (χ0n) is 30.0. The lowest BCUT2D eigenvalue weighted by atomic mass is 9.49. The van der Waals surface area contributed by atoms with Gasteiger partial charge in [0.2, 0.25) is 11.8 Å². The number of pyridine rings is 1. The van der Waals surface area contributed by atoms with Crippen LogP contribution < -0.4 is 15.1 Å². The van der Waals surface area contributed by atoms with Crippen molar-refractivity contribution in [2.24, 2.45) is 23.7 Å². The van der Waals surface area contributed by atoms with Crippen LogP contribution in [0.25, 0.3) is 0 Å². The van der Waals surface area contributed by atoms with E-state index in [2.05, 4.69) is 10.4 Å². The number of imide groups is 2. The number of aromatic hydroxyl groups is 1. The maximum Gasteiger partial charge on any atom is 0.417 e. The minimum absolute atomic E-state index is 0.0616. The number of ether oxygens (including phenoxy) is 1. The smallest absolute Gasteiger partial charge is 0.417 e. The second kappa shape index (κ2) is 13.7. The Balaban J connectivity index is 1.30. The number of aromatic nitrogens is 1. The summed E-state index contributed by atoms with van der Waals surface area (Å²) >= 11 is 12.6. The fourth-order valence-corrected chi connectivity index (χ4v) is 9.47. The van der Waals surface area contributed by atoms with Crippen LogP contribution in [-0.4, -0.2) is 51.6 Å². The molecule has 1 saturated carbocycles. The first-order valence-electron chi connectivity index (χ1n) is 17.8. The summed E-state index contributed by atoms with van der Waals surface area (Å²) in [6.45, 7) is 1.40. The molecule has 16 heteroatoms. The number of hydrogen-bond acceptors (Lipinski definition) is 9. The summed E-state index contributed by atoms with van der Waals surface area (Å²) in [6.07, 6.45) is -2.39. The van der Waals surface area contributed by atoms with Gasteiger partial charge in [0.25, 0.3) is 11.8 Å². The first-order chi connectivity index (χ1) is 27.1. The standard InChI is InChI=1S/C41H31Cl2F3N4O7/c1-19(51)20-3-10-25(11-4-20)49-36(53)27-13-12-26-28(33(27)38(49)55)17-29-37(54)50(48-35-30(43)16-23(18-47-35)41(44,45)46)39(56)40(29,22-6-8-24(42)9-7-22)34(26)21-5-14-31(52)32(15-21)57-2/h3-12,14-16,18,27-29,33-34,52H,13,17H2,1-2H3,(H,47,48)/t27-,28+,29-,33-,34-,40+/m0/s1. The quantitative estimate of drug-likeness (QED) is 0.110. The van der Waals surface area contributed by atoms with Crippen LogP contribution in [0.5, 0.6) is 11.5 Å². The molecule has 3 heterocycles. The van der Waals surface area contributed by atoms with Crippen molar-refractivity contribution in [3.63, 3.8) is 0 Å². The highest BCUT2D eigenvalue weighted by molar-refractivity contribution is 6.33. The van der Waals surface area contributed by atoms with Crippen molar-refractivity contribution in [2.45, 2.75) is 37.3 Å². The Morgan fingerprint density at radius 3 is 2.28 bits per heavy atom. The number of amides is 4. The van der Waals surface area contributed by atoms with E-state index in [4.69, 9.17) is 27.9 Å². The molecular weight excluding hydrogens is 788 g/mol. The highest BCUT2D eigenvalue weighted by Gasteiger charge is 2.70. The molecule has 11 nitrogen and oxygen atoms in total. The lowest BCUT2D eigenvalue weighted by molar-refractivity contribution is -0.139. The lowest BCUT2D eigenvalue weighted by Gasteiger charge is -2.50. The van der Waals surface area contributed by atoms with Crippen molar-refractivity contribution in [3.05, 3.63) is 123 Å². The predicted octanol–water partition coefficient (Wildman–Crippen LogP) is 7.51. The zero-order chi connectivity index (χ0) is 40.7. The van der Waals surface area contributed by atoms with Crippen molar-refractivity contribution < 1.29 is 47.0 Å². The Labute approximate surface area is 333 Å². The van der Waals surface area contributed by atoms with Crippen LogP contribution in [0.2, 0.25) is 10.0 Å². The molecule has 3 fully saturated rings. The second-order valence-corrected chi connectivity index (χ2v) is 15.3. The first kappa shape index (κ1) is 38.2.